The topological polar surface area (TPSA) is 95.2 Å². The molecule has 1 heterocycles. The summed E-state index contributed by atoms with van der Waals surface area (Å²) in [7, 11) is 1.65. The second-order valence-corrected chi connectivity index (χ2v) is 4.44. The summed E-state index contributed by atoms with van der Waals surface area (Å²) in [5.41, 5.74) is 2.38. The Morgan fingerprint density at radius 3 is 2.71 bits per heavy atom. The number of rotatable bonds is 7. The molecule has 0 atom stereocenters. The maximum Gasteiger partial charge on any atom is 0.322 e. The molecule has 0 aliphatic rings. The third-order valence-electron chi connectivity index (χ3n) is 1.58. The van der Waals surface area contributed by atoms with Gasteiger partial charge in [0.1, 0.15) is 0 Å². The Labute approximate surface area is 104 Å². The summed E-state index contributed by atoms with van der Waals surface area (Å²) in [4.78, 5) is 12.3. The van der Waals surface area contributed by atoms with Crippen LogP contribution >= 0.6 is 11.8 Å². The maximum absolute atomic E-state index is 5.40. The molecule has 1 aromatic rings. The second kappa shape index (κ2) is 7.25. The molecule has 0 spiro atoms. The van der Waals surface area contributed by atoms with E-state index in [1.165, 1.54) is 11.8 Å². The first-order valence-electron chi connectivity index (χ1n) is 5.16. The molecule has 0 aromatic carbocycles. The number of nitrogens with two attached hydrogens (primary N) is 1. The zero-order chi connectivity index (χ0) is 12.7. The lowest BCUT2D eigenvalue weighted by Gasteiger charge is -2.09. The molecule has 0 radical (unpaired) electrons. The van der Waals surface area contributed by atoms with Crippen LogP contribution < -0.4 is 16.0 Å². The lowest BCUT2D eigenvalue weighted by molar-refractivity contribution is 0.217. The van der Waals surface area contributed by atoms with Crippen LogP contribution in [0.3, 0.4) is 0 Å². The van der Waals surface area contributed by atoms with Crippen molar-refractivity contribution in [3.63, 3.8) is 0 Å². The minimum Gasteiger partial charge on any atom is -0.461 e. The van der Waals surface area contributed by atoms with Crippen molar-refractivity contribution in [3.8, 4) is 6.01 Å². The molecule has 0 aliphatic heterocycles. The number of nitrogen functional groups attached to an aromatic ring is 1. The van der Waals surface area contributed by atoms with Crippen LogP contribution in [0.1, 0.15) is 13.8 Å². The van der Waals surface area contributed by atoms with Gasteiger partial charge in [-0.3, -0.25) is 5.43 Å². The smallest absolute Gasteiger partial charge is 0.322 e. The van der Waals surface area contributed by atoms with Crippen LogP contribution in [0.15, 0.2) is 5.16 Å². The van der Waals surface area contributed by atoms with Crippen molar-refractivity contribution in [2.24, 2.45) is 5.84 Å². The number of methoxy groups -OCH3 is 1. The van der Waals surface area contributed by atoms with Gasteiger partial charge in [-0.25, -0.2) is 5.84 Å². The lowest BCUT2D eigenvalue weighted by Crippen LogP contribution is -2.15. The van der Waals surface area contributed by atoms with E-state index in [1.54, 1.807) is 7.11 Å². The number of nitrogens with one attached hydrogen (secondary N) is 1. The highest BCUT2D eigenvalue weighted by atomic mass is 32.2. The SMILES string of the molecule is COCCSc1nc(NN)nc(OC(C)C)n1. The molecule has 8 heteroatoms. The van der Waals surface area contributed by atoms with Gasteiger partial charge in [0.2, 0.25) is 5.95 Å². The fraction of sp³-hybridized carbons (Fsp3) is 0.667. The van der Waals surface area contributed by atoms with E-state index in [4.69, 9.17) is 15.3 Å². The number of thioether (sulfide) groups is 1. The Balaban J connectivity index is 2.74. The van der Waals surface area contributed by atoms with E-state index >= 15 is 0 Å². The van der Waals surface area contributed by atoms with Crippen molar-refractivity contribution in [1.29, 1.82) is 0 Å². The number of hydrogen-bond acceptors (Lipinski definition) is 8. The normalized spacial score (nSPS) is 10.6. The van der Waals surface area contributed by atoms with Crippen molar-refractivity contribution < 1.29 is 9.47 Å². The standard InChI is InChI=1S/C9H17N5O2S/c1-6(2)16-8-11-7(14-10)12-9(13-8)17-5-4-15-3/h6H,4-5,10H2,1-3H3,(H,11,12,13,14). The van der Waals surface area contributed by atoms with E-state index in [-0.39, 0.29) is 18.1 Å². The predicted octanol–water partition coefficient (Wildman–Crippen LogP) is 0.683. The fourth-order valence-electron chi connectivity index (χ4n) is 0.947. The highest BCUT2D eigenvalue weighted by Crippen LogP contribution is 2.17. The van der Waals surface area contributed by atoms with Gasteiger partial charge in [-0.1, -0.05) is 11.8 Å². The molecule has 96 valence electrons. The highest BCUT2D eigenvalue weighted by Gasteiger charge is 2.08. The van der Waals surface area contributed by atoms with Crippen molar-refractivity contribution in [3.05, 3.63) is 0 Å². The molecule has 0 bridgehead atoms. The molecule has 0 fully saturated rings. The van der Waals surface area contributed by atoms with Gasteiger partial charge in [0.05, 0.1) is 12.7 Å². The zero-order valence-corrected chi connectivity index (χ0v) is 11.0. The van der Waals surface area contributed by atoms with Crippen molar-refractivity contribution >= 4 is 17.7 Å². The number of ether oxygens (including phenoxy) is 2. The molecular formula is C9H17N5O2S. The lowest BCUT2D eigenvalue weighted by atomic mass is 10.5. The van der Waals surface area contributed by atoms with Gasteiger partial charge < -0.3 is 9.47 Å². The third-order valence-corrected chi connectivity index (χ3v) is 2.39. The minimum atomic E-state index is -0.000139. The fourth-order valence-corrected chi connectivity index (χ4v) is 1.67. The maximum atomic E-state index is 5.40. The molecule has 7 nitrogen and oxygen atoms in total. The van der Waals surface area contributed by atoms with Gasteiger partial charge in [0, 0.05) is 12.9 Å². The first kappa shape index (κ1) is 13.9. The highest BCUT2D eigenvalue weighted by molar-refractivity contribution is 7.99. The minimum absolute atomic E-state index is 0.000139. The molecule has 0 unspecified atom stereocenters. The first-order valence-corrected chi connectivity index (χ1v) is 6.15. The average molecular weight is 259 g/mol. The summed E-state index contributed by atoms with van der Waals surface area (Å²) in [5.74, 6) is 6.32. The Kier molecular flexibility index (Phi) is 5.95. The largest absolute Gasteiger partial charge is 0.461 e. The Bertz CT molecular complexity index is 350. The number of nitrogens with zero attached hydrogens (tertiary/aromatic N) is 3. The summed E-state index contributed by atoms with van der Waals surface area (Å²) in [5, 5.41) is 0.556. The molecule has 0 aliphatic carbocycles. The third kappa shape index (κ3) is 5.16. The van der Waals surface area contributed by atoms with Gasteiger partial charge in [-0.15, -0.1) is 0 Å². The first-order chi connectivity index (χ1) is 8.15. The molecule has 1 aromatic heterocycles. The van der Waals surface area contributed by atoms with Crippen molar-refractivity contribution in [1.82, 2.24) is 15.0 Å². The second-order valence-electron chi connectivity index (χ2n) is 3.38. The van der Waals surface area contributed by atoms with Crippen LogP contribution in [-0.2, 0) is 4.74 Å². The van der Waals surface area contributed by atoms with Crippen LogP contribution in [0.25, 0.3) is 0 Å². The van der Waals surface area contributed by atoms with Gasteiger partial charge in [-0.05, 0) is 13.8 Å². The summed E-state index contributed by atoms with van der Waals surface area (Å²) in [6.45, 7) is 4.43. The Hall–Kier alpha value is -1.12. The van der Waals surface area contributed by atoms with E-state index < -0.39 is 0 Å². The van der Waals surface area contributed by atoms with Gasteiger partial charge in [0.25, 0.3) is 0 Å². The van der Waals surface area contributed by atoms with Gasteiger partial charge >= 0.3 is 6.01 Å². The van der Waals surface area contributed by atoms with E-state index in [0.717, 1.165) is 5.75 Å². The zero-order valence-electron chi connectivity index (χ0n) is 10.1. The van der Waals surface area contributed by atoms with Crippen LogP contribution in [0.5, 0.6) is 6.01 Å². The quantitative estimate of drug-likeness (QED) is 0.319. The molecular weight excluding hydrogens is 242 g/mol. The van der Waals surface area contributed by atoms with Crippen LogP contribution in [0.4, 0.5) is 5.95 Å². The Morgan fingerprint density at radius 2 is 2.12 bits per heavy atom. The van der Waals surface area contributed by atoms with E-state index in [0.29, 0.717) is 11.8 Å². The predicted molar refractivity (Wildman–Crippen MR) is 66.0 cm³/mol. The number of aromatic nitrogens is 3. The van der Waals surface area contributed by atoms with Crippen LogP contribution in [-0.4, -0.2) is 40.5 Å². The van der Waals surface area contributed by atoms with Gasteiger partial charge in [0.15, 0.2) is 5.16 Å². The summed E-state index contributed by atoms with van der Waals surface area (Å²) < 4.78 is 10.4. The average Bonchev–Trinajstić information content (AvgIpc) is 2.28. The van der Waals surface area contributed by atoms with E-state index in [1.807, 2.05) is 13.8 Å². The Morgan fingerprint density at radius 1 is 1.35 bits per heavy atom. The van der Waals surface area contributed by atoms with Crippen molar-refractivity contribution in [2.45, 2.75) is 25.1 Å². The summed E-state index contributed by atoms with van der Waals surface area (Å²) in [6, 6.07) is 0.267. The molecule has 17 heavy (non-hydrogen) atoms. The van der Waals surface area contributed by atoms with Crippen LogP contribution in [0.2, 0.25) is 0 Å². The monoisotopic (exact) mass is 259 g/mol. The van der Waals surface area contributed by atoms with Crippen LogP contribution in [0, 0.1) is 0 Å². The van der Waals surface area contributed by atoms with Gasteiger partial charge in [-0.2, -0.15) is 15.0 Å². The molecule has 0 saturated heterocycles. The number of anilines is 1. The summed E-state index contributed by atoms with van der Waals surface area (Å²) in [6.07, 6.45) is -0.000139. The molecule has 0 amide bonds. The molecule has 3 N–H and O–H groups in total. The number of hydrazine groups is 1. The number of hydrogen-bond donors (Lipinski definition) is 2. The van der Waals surface area contributed by atoms with E-state index in [9.17, 15) is 0 Å². The van der Waals surface area contributed by atoms with Crippen molar-refractivity contribution in [2.75, 3.05) is 24.9 Å². The molecule has 0 saturated carbocycles. The summed E-state index contributed by atoms with van der Waals surface area (Å²) >= 11 is 1.45. The van der Waals surface area contributed by atoms with E-state index in [2.05, 4.69) is 20.4 Å². The molecule has 1 rings (SSSR count).